The molecular weight excluding hydrogens is 188 g/mol. The highest BCUT2D eigenvalue weighted by Crippen LogP contribution is 2.00. The first kappa shape index (κ1) is 8.42. The van der Waals surface area contributed by atoms with E-state index in [-0.39, 0.29) is 5.69 Å². The maximum absolute atomic E-state index is 10.5. The molecule has 0 spiro atoms. The second kappa shape index (κ2) is 3.29. The molecule has 0 saturated carbocycles. The summed E-state index contributed by atoms with van der Waals surface area (Å²) in [6.07, 6.45) is 2.83. The molecule has 0 aromatic carbocycles. The highest BCUT2D eigenvalue weighted by atomic mass is 16.5. The zero-order valence-electron chi connectivity index (χ0n) is 6.99. The second-order valence-electron chi connectivity index (χ2n) is 2.59. The van der Waals surface area contributed by atoms with E-state index < -0.39 is 5.97 Å². The van der Waals surface area contributed by atoms with Gasteiger partial charge in [-0.1, -0.05) is 10.4 Å². The molecule has 2 aromatic rings. The van der Waals surface area contributed by atoms with Crippen LogP contribution in [0.5, 0.6) is 0 Å². The fraction of sp³-hybridized carbons (Fsp3) is 0.143. The Morgan fingerprint density at radius 1 is 1.64 bits per heavy atom. The number of hydrogen-bond donors (Lipinski definition) is 1. The molecule has 0 atom stereocenters. The maximum Gasteiger partial charge on any atom is 0.358 e. The Kier molecular flexibility index (Phi) is 1.98. The molecule has 14 heavy (non-hydrogen) atoms. The SMILES string of the molecule is O=C(O)c1cn(Cc2ccno2)nn1. The maximum atomic E-state index is 10.5. The Morgan fingerprint density at radius 2 is 2.50 bits per heavy atom. The molecule has 0 aliphatic rings. The lowest BCUT2D eigenvalue weighted by Gasteiger charge is -1.92. The van der Waals surface area contributed by atoms with Crippen molar-refractivity contribution in [1.29, 1.82) is 0 Å². The number of aromatic carboxylic acids is 1. The molecule has 0 amide bonds. The van der Waals surface area contributed by atoms with Crippen molar-refractivity contribution in [2.75, 3.05) is 0 Å². The summed E-state index contributed by atoms with van der Waals surface area (Å²) in [7, 11) is 0. The van der Waals surface area contributed by atoms with Gasteiger partial charge < -0.3 is 9.63 Å². The standard InChI is InChI=1S/C7H6N4O3/c12-7(13)6-4-11(10-9-6)3-5-1-2-8-14-5/h1-2,4H,3H2,(H,12,13). The number of nitrogens with zero attached hydrogens (tertiary/aromatic N) is 4. The lowest BCUT2D eigenvalue weighted by Crippen LogP contribution is -1.99. The van der Waals surface area contributed by atoms with Crippen LogP contribution in [-0.2, 0) is 6.54 Å². The lowest BCUT2D eigenvalue weighted by molar-refractivity contribution is 0.0690. The third-order valence-electron chi connectivity index (χ3n) is 1.57. The van der Waals surface area contributed by atoms with E-state index in [9.17, 15) is 4.79 Å². The van der Waals surface area contributed by atoms with Crippen LogP contribution in [0.3, 0.4) is 0 Å². The number of carbonyl (C=O) groups is 1. The molecule has 72 valence electrons. The van der Waals surface area contributed by atoms with Crippen LogP contribution in [-0.4, -0.2) is 31.2 Å². The topological polar surface area (TPSA) is 94.0 Å². The van der Waals surface area contributed by atoms with E-state index in [1.807, 2.05) is 0 Å². The number of aromatic nitrogens is 4. The van der Waals surface area contributed by atoms with E-state index in [1.165, 1.54) is 17.1 Å². The predicted octanol–water partition coefficient (Wildman–Crippen LogP) is 0.0126. The molecular formula is C7H6N4O3. The summed E-state index contributed by atoms with van der Waals surface area (Å²) in [5.41, 5.74) is -0.0930. The van der Waals surface area contributed by atoms with E-state index in [4.69, 9.17) is 9.63 Å². The van der Waals surface area contributed by atoms with Gasteiger partial charge in [0.05, 0.1) is 12.4 Å². The van der Waals surface area contributed by atoms with E-state index >= 15 is 0 Å². The van der Waals surface area contributed by atoms with Crippen molar-refractivity contribution in [2.24, 2.45) is 0 Å². The summed E-state index contributed by atoms with van der Waals surface area (Å²) >= 11 is 0. The molecule has 0 radical (unpaired) electrons. The van der Waals surface area contributed by atoms with Crippen molar-refractivity contribution < 1.29 is 14.4 Å². The molecule has 0 unspecified atom stereocenters. The van der Waals surface area contributed by atoms with E-state index in [2.05, 4.69) is 15.5 Å². The molecule has 7 nitrogen and oxygen atoms in total. The predicted molar refractivity (Wildman–Crippen MR) is 42.6 cm³/mol. The average molecular weight is 194 g/mol. The summed E-state index contributed by atoms with van der Waals surface area (Å²) in [6, 6.07) is 1.67. The minimum atomic E-state index is -1.10. The zero-order valence-corrected chi connectivity index (χ0v) is 6.99. The molecule has 2 rings (SSSR count). The normalized spacial score (nSPS) is 10.3. The van der Waals surface area contributed by atoms with Crippen LogP contribution in [0.15, 0.2) is 23.0 Å². The Balaban J connectivity index is 2.14. The molecule has 0 aliphatic heterocycles. The largest absolute Gasteiger partial charge is 0.476 e. The molecule has 7 heteroatoms. The van der Waals surface area contributed by atoms with Crippen LogP contribution in [0.4, 0.5) is 0 Å². The lowest BCUT2D eigenvalue weighted by atomic mass is 10.4. The summed E-state index contributed by atoms with van der Waals surface area (Å²) in [5.74, 6) is -0.513. The van der Waals surface area contributed by atoms with Crippen LogP contribution in [0.25, 0.3) is 0 Å². The van der Waals surface area contributed by atoms with Crippen LogP contribution < -0.4 is 0 Å². The van der Waals surface area contributed by atoms with E-state index in [0.717, 1.165) is 0 Å². The number of carboxylic acids is 1. The molecule has 0 bridgehead atoms. The monoisotopic (exact) mass is 194 g/mol. The number of hydrogen-bond acceptors (Lipinski definition) is 5. The summed E-state index contributed by atoms with van der Waals surface area (Å²) in [6.45, 7) is 0.320. The van der Waals surface area contributed by atoms with Gasteiger partial charge in [0.1, 0.15) is 6.54 Å². The van der Waals surface area contributed by atoms with Gasteiger partial charge in [-0.2, -0.15) is 0 Å². The first-order valence-corrected chi connectivity index (χ1v) is 3.78. The minimum Gasteiger partial charge on any atom is -0.476 e. The molecule has 2 heterocycles. The molecule has 0 fully saturated rings. The Labute approximate surface area is 77.9 Å². The van der Waals surface area contributed by atoms with Crippen molar-refractivity contribution in [1.82, 2.24) is 20.2 Å². The summed E-state index contributed by atoms with van der Waals surface area (Å²) < 4.78 is 6.19. The number of rotatable bonds is 3. The first-order valence-electron chi connectivity index (χ1n) is 3.78. The Morgan fingerprint density at radius 3 is 3.07 bits per heavy atom. The molecule has 1 N–H and O–H groups in total. The molecule has 2 aromatic heterocycles. The average Bonchev–Trinajstić information content (AvgIpc) is 2.75. The summed E-state index contributed by atoms with van der Waals surface area (Å²) in [4.78, 5) is 10.5. The van der Waals surface area contributed by atoms with E-state index in [1.54, 1.807) is 6.07 Å². The Hall–Kier alpha value is -2.18. The van der Waals surface area contributed by atoms with Crippen molar-refractivity contribution in [2.45, 2.75) is 6.54 Å². The highest BCUT2D eigenvalue weighted by molar-refractivity contribution is 5.84. The smallest absolute Gasteiger partial charge is 0.358 e. The fourth-order valence-electron chi connectivity index (χ4n) is 0.957. The van der Waals surface area contributed by atoms with Gasteiger partial charge in [0, 0.05) is 6.07 Å². The fourth-order valence-corrected chi connectivity index (χ4v) is 0.957. The van der Waals surface area contributed by atoms with Crippen LogP contribution in [0.1, 0.15) is 16.2 Å². The van der Waals surface area contributed by atoms with Crippen LogP contribution >= 0.6 is 0 Å². The molecule has 0 aliphatic carbocycles. The minimum absolute atomic E-state index is 0.0930. The zero-order chi connectivity index (χ0) is 9.97. The van der Waals surface area contributed by atoms with Crippen LogP contribution in [0.2, 0.25) is 0 Å². The van der Waals surface area contributed by atoms with Gasteiger partial charge in [-0.25, -0.2) is 9.48 Å². The van der Waals surface area contributed by atoms with E-state index in [0.29, 0.717) is 12.3 Å². The van der Waals surface area contributed by atoms with Gasteiger partial charge in [0.15, 0.2) is 11.5 Å². The molecule has 0 saturated heterocycles. The Bertz CT molecular complexity index is 433. The third kappa shape index (κ3) is 1.60. The first-order chi connectivity index (χ1) is 6.75. The van der Waals surface area contributed by atoms with Gasteiger partial charge in [0.2, 0.25) is 0 Å². The van der Waals surface area contributed by atoms with Crippen molar-refractivity contribution in [3.63, 3.8) is 0 Å². The van der Waals surface area contributed by atoms with Crippen molar-refractivity contribution in [3.8, 4) is 0 Å². The highest BCUT2D eigenvalue weighted by Gasteiger charge is 2.08. The van der Waals surface area contributed by atoms with Crippen molar-refractivity contribution in [3.05, 3.63) is 29.9 Å². The number of carboxylic acid groups (broad SMARTS) is 1. The van der Waals surface area contributed by atoms with Crippen LogP contribution in [0, 0.1) is 0 Å². The van der Waals surface area contributed by atoms with Gasteiger partial charge >= 0.3 is 5.97 Å². The van der Waals surface area contributed by atoms with Crippen molar-refractivity contribution >= 4 is 5.97 Å². The van der Waals surface area contributed by atoms with Gasteiger partial charge in [-0.05, 0) is 0 Å². The summed E-state index contributed by atoms with van der Waals surface area (Å²) in [5, 5.41) is 19.1. The van der Waals surface area contributed by atoms with Gasteiger partial charge in [-0.15, -0.1) is 5.10 Å². The third-order valence-corrected chi connectivity index (χ3v) is 1.57. The second-order valence-corrected chi connectivity index (χ2v) is 2.59. The van der Waals surface area contributed by atoms with Gasteiger partial charge in [-0.3, -0.25) is 0 Å². The van der Waals surface area contributed by atoms with Gasteiger partial charge in [0.25, 0.3) is 0 Å². The quantitative estimate of drug-likeness (QED) is 0.739.